The minimum atomic E-state index is -1.30. The van der Waals surface area contributed by atoms with Crippen molar-refractivity contribution in [3.63, 3.8) is 0 Å². The van der Waals surface area contributed by atoms with E-state index < -0.39 is 24.6 Å². The van der Waals surface area contributed by atoms with E-state index in [1.807, 2.05) is 12.1 Å². The molecular weight excluding hydrogens is 286 g/mol. The maximum Gasteiger partial charge on any atom is 0.134 e. The zero-order chi connectivity index (χ0) is 15.4. The second-order valence-electron chi connectivity index (χ2n) is 6.08. The molecule has 0 spiro atoms. The molecule has 0 saturated heterocycles. The summed E-state index contributed by atoms with van der Waals surface area (Å²) in [5.41, 5.74) is 4.45. The number of fused-ring (bicyclic) bond motifs is 2. The summed E-state index contributed by atoms with van der Waals surface area (Å²) in [6, 6.07) is 10.8. The van der Waals surface area contributed by atoms with Crippen molar-refractivity contribution >= 4 is 0 Å². The van der Waals surface area contributed by atoms with Crippen molar-refractivity contribution in [1.29, 1.82) is 0 Å². The number of aliphatic hydroxyl groups excluding tert-OH is 2. The van der Waals surface area contributed by atoms with Gasteiger partial charge in [0.25, 0.3) is 0 Å². The lowest BCUT2D eigenvalue weighted by Gasteiger charge is -2.13. The fourth-order valence-corrected chi connectivity index (χ4v) is 3.73. The summed E-state index contributed by atoms with van der Waals surface area (Å²) < 4.78 is 27.7. The standard InChI is InChI=1S/C18H16F2O2/c19-15-7-13-9(3-1-5-11(13)17(15)21)10-4-2-6-12-14(10)8-16(20)18(12)22/h1-6,15-18,21-22H,7-8H2/t15-,16-,17-,18-/m1/s1. The van der Waals surface area contributed by atoms with Gasteiger partial charge >= 0.3 is 0 Å². The number of rotatable bonds is 1. The third kappa shape index (κ3) is 1.84. The van der Waals surface area contributed by atoms with Gasteiger partial charge in [0.2, 0.25) is 0 Å². The molecule has 0 bridgehead atoms. The van der Waals surface area contributed by atoms with Crippen molar-refractivity contribution in [3.8, 4) is 11.1 Å². The molecule has 0 aromatic heterocycles. The highest BCUT2D eigenvalue weighted by Gasteiger charge is 2.36. The first-order valence-corrected chi connectivity index (χ1v) is 7.46. The molecule has 0 radical (unpaired) electrons. The molecule has 0 unspecified atom stereocenters. The minimum Gasteiger partial charge on any atom is -0.385 e. The van der Waals surface area contributed by atoms with Gasteiger partial charge in [-0.3, -0.25) is 0 Å². The van der Waals surface area contributed by atoms with Gasteiger partial charge in [-0.25, -0.2) is 8.78 Å². The van der Waals surface area contributed by atoms with Crippen LogP contribution in [0.15, 0.2) is 36.4 Å². The average Bonchev–Trinajstić information content (AvgIpc) is 2.97. The third-order valence-corrected chi connectivity index (χ3v) is 4.84. The molecule has 2 N–H and O–H groups in total. The normalized spacial score (nSPS) is 29.5. The van der Waals surface area contributed by atoms with Gasteiger partial charge in [-0.1, -0.05) is 36.4 Å². The summed E-state index contributed by atoms with van der Waals surface area (Å²) >= 11 is 0. The van der Waals surface area contributed by atoms with Gasteiger partial charge in [-0.15, -0.1) is 0 Å². The molecule has 0 amide bonds. The highest BCUT2D eigenvalue weighted by atomic mass is 19.1. The molecule has 2 aliphatic carbocycles. The lowest BCUT2D eigenvalue weighted by Crippen LogP contribution is -2.06. The van der Waals surface area contributed by atoms with Crippen LogP contribution in [-0.2, 0) is 12.8 Å². The first-order valence-electron chi connectivity index (χ1n) is 7.46. The molecule has 0 saturated carbocycles. The Hall–Kier alpha value is -1.78. The van der Waals surface area contributed by atoms with Crippen LogP contribution < -0.4 is 0 Å². The van der Waals surface area contributed by atoms with Gasteiger partial charge in [0, 0.05) is 12.8 Å². The lowest BCUT2D eigenvalue weighted by atomic mass is 9.91. The molecule has 4 atom stereocenters. The molecule has 4 heteroatoms. The van der Waals surface area contributed by atoms with E-state index in [2.05, 4.69) is 0 Å². The van der Waals surface area contributed by atoms with E-state index in [4.69, 9.17) is 0 Å². The van der Waals surface area contributed by atoms with Gasteiger partial charge < -0.3 is 10.2 Å². The summed E-state index contributed by atoms with van der Waals surface area (Å²) in [6.45, 7) is 0. The van der Waals surface area contributed by atoms with Crippen LogP contribution in [0.4, 0.5) is 8.78 Å². The fraction of sp³-hybridized carbons (Fsp3) is 0.333. The summed E-state index contributed by atoms with van der Waals surface area (Å²) in [4.78, 5) is 0. The molecule has 2 aliphatic rings. The maximum atomic E-state index is 13.9. The predicted molar refractivity (Wildman–Crippen MR) is 79.0 cm³/mol. The van der Waals surface area contributed by atoms with Crippen LogP contribution >= 0.6 is 0 Å². The summed E-state index contributed by atoms with van der Waals surface area (Å²) in [5, 5.41) is 19.8. The second kappa shape index (κ2) is 4.86. The number of aliphatic hydroxyl groups is 2. The van der Waals surface area contributed by atoms with Gasteiger partial charge in [-0.05, 0) is 33.4 Å². The Morgan fingerprint density at radius 1 is 0.727 bits per heavy atom. The number of benzene rings is 2. The molecular formula is C18H16F2O2. The van der Waals surface area contributed by atoms with Gasteiger partial charge in [0.05, 0.1) is 0 Å². The van der Waals surface area contributed by atoms with Crippen LogP contribution in [0, 0.1) is 0 Å². The van der Waals surface area contributed by atoms with Gasteiger partial charge in [-0.2, -0.15) is 0 Å². The van der Waals surface area contributed by atoms with Crippen LogP contribution in [0.1, 0.15) is 34.5 Å². The SMILES string of the molecule is O[C@@H]1c2cccc(-c3cccc4c3C[C@@H](F)[C@@H]4O)c2C[C@H]1F. The number of alkyl halides is 2. The quantitative estimate of drug-likeness (QED) is 0.849. The van der Waals surface area contributed by atoms with E-state index in [-0.39, 0.29) is 12.8 Å². The second-order valence-corrected chi connectivity index (χ2v) is 6.08. The Kier molecular flexibility index (Phi) is 3.06. The Bertz CT molecular complexity index is 680. The highest BCUT2D eigenvalue weighted by molar-refractivity contribution is 5.75. The van der Waals surface area contributed by atoms with Crippen LogP contribution in [-0.4, -0.2) is 22.6 Å². The summed E-state index contributed by atoms with van der Waals surface area (Å²) in [5.74, 6) is 0. The molecule has 2 aromatic rings. The monoisotopic (exact) mass is 302 g/mol. The molecule has 22 heavy (non-hydrogen) atoms. The van der Waals surface area contributed by atoms with Gasteiger partial charge in [0.1, 0.15) is 24.6 Å². The van der Waals surface area contributed by atoms with Crippen molar-refractivity contribution in [2.24, 2.45) is 0 Å². The van der Waals surface area contributed by atoms with Crippen molar-refractivity contribution in [1.82, 2.24) is 0 Å². The topological polar surface area (TPSA) is 40.5 Å². The zero-order valence-corrected chi connectivity index (χ0v) is 11.8. The third-order valence-electron chi connectivity index (χ3n) is 4.84. The molecule has 0 aliphatic heterocycles. The van der Waals surface area contributed by atoms with E-state index in [1.165, 1.54) is 0 Å². The van der Waals surface area contributed by atoms with Crippen molar-refractivity contribution in [2.75, 3.05) is 0 Å². The number of hydrogen-bond donors (Lipinski definition) is 2. The van der Waals surface area contributed by atoms with E-state index in [1.54, 1.807) is 24.3 Å². The van der Waals surface area contributed by atoms with Crippen LogP contribution in [0.3, 0.4) is 0 Å². The largest absolute Gasteiger partial charge is 0.385 e. The lowest BCUT2D eigenvalue weighted by molar-refractivity contribution is 0.0925. The van der Waals surface area contributed by atoms with Crippen LogP contribution in [0.2, 0.25) is 0 Å². The fourth-order valence-electron chi connectivity index (χ4n) is 3.73. The van der Waals surface area contributed by atoms with E-state index in [9.17, 15) is 19.0 Å². The Labute approximate surface area is 127 Å². The zero-order valence-electron chi connectivity index (χ0n) is 11.8. The molecule has 4 rings (SSSR count). The van der Waals surface area contributed by atoms with E-state index >= 15 is 0 Å². The van der Waals surface area contributed by atoms with Gasteiger partial charge in [0.15, 0.2) is 0 Å². The Morgan fingerprint density at radius 2 is 1.14 bits per heavy atom. The molecule has 0 heterocycles. The van der Waals surface area contributed by atoms with E-state index in [0.29, 0.717) is 11.1 Å². The Morgan fingerprint density at radius 3 is 1.55 bits per heavy atom. The summed E-state index contributed by atoms with van der Waals surface area (Å²) in [7, 11) is 0. The number of halogens is 2. The minimum absolute atomic E-state index is 0.165. The maximum absolute atomic E-state index is 13.9. The van der Waals surface area contributed by atoms with Crippen LogP contribution in [0.5, 0.6) is 0 Å². The average molecular weight is 302 g/mol. The highest BCUT2D eigenvalue weighted by Crippen LogP contribution is 2.44. The summed E-state index contributed by atoms with van der Waals surface area (Å²) in [6.07, 6.45) is -4.45. The molecule has 2 nitrogen and oxygen atoms in total. The number of hydrogen-bond acceptors (Lipinski definition) is 2. The van der Waals surface area contributed by atoms with Crippen molar-refractivity contribution in [3.05, 3.63) is 58.7 Å². The van der Waals surface area contributed by atoms with Crippen molar-refractivity contribution < 1.29 is 19.0 Å². The molecule has 114 valence electrons. The first kappa shape index (κ1) is 13.9. The van der Waals surface area contributed by atoms with Crippen molar-refractivity contribution in [2.45, 2.75) is 37.4 Å². The first-order chi connectivity index (χ1) is 10.6. The Balaban J connectivity index is 1.90. The predicted octanol–water partition coefficient (Wildman–Crippen LogP) is 3.21. The van der Waals surface area contributed by atoms with E-state index in [0.717, 1.165) is 22.3 Å². The molecule has 2 aromatic carbocycles. The van der Waals surface area contributed by atoms with Crippen LogP contribution in [0.25, 0.3) is 11.1 Å². The smallest absolute Gasteiger partial charge is 0.134 e. The molecule has 0 fully saturated rings.